The van der Waals surface area contributed by atoms with E-state index in [0.717, 1.165) is 29.6 Å². The monoisotopic (exact) mass is 310 g/mol. The topological polar surface area (TPSA) is 49.8 Å². The average Bonchev–Trinajstić information content (AvgIpc) is 3.36. The van der Waals surface area contributed by atoms with Crippen molar-refractivity contribution in [2.45, 2.75) is 58.9 Å². The zero-order valence-electron chi connectivity index (χ0n) is 14.5. The van der Waals surface area contributed by atoms with Crippen LogP contribution in [0.1, 0.15) is 55.8 Å². The summed E-state index contributed by atoms with van der Waals surface area (Å²) >= 11 is 0. The summed E-state index contributed by atoms with van der Waals surface area (Å²) in [6.07, 6.45) is 3.53. The maximum Gasteiger partial charge on any atom is 0.225 e. The van der Waals surface area contributed by atoms with Crippen LogP contribution in [-0.2, 0) is 0 Å². The third kappa shape index (κ3) is 3.81. The highest BCUT2D eigenvalue weighted by Crippen LogP contribution is 2.40. The van der Waals surface area contributed by atoms with E-state index in [9.17, 15) is 0 Å². The van der Waals surface area contributed by atoms with Crippen molar-refractivity contribution in [3.63, 3.8) is 0 Å². The van der Waals surface area contributed by atoms with Gasteiger partial charge in [0.05, 0.1) is 5.69 Å². The highest BCUT2D eigenvalue weighted by atomic mass is 15.2. The summed E-state index contributed by atoms with van der Waals surface area (Å²) in [5.74, 6) is 2.22. The van der Waals surface area contributed by atoms with Crippen LogP contribution in [-0.4, -0.2) is 16.0 Å². The smallest absolute Gasteiger partial charge is 0.225 e. The molecule has 3 rings (SSSR count). The summed E-state index contributed by atoms with van der Waals surface area (Å²) < 4.78 is 0. The van der Waals surface area contributed by atoms with Crippen molar-refractivity contribution in [1.29, 1.82) is 0 Å². The van der Waals surface area contributed by atoms with Crippen LogP contribution in [0.4, 0.5) is 17.5 Å². The summed E-state index contributed by atoms with van der Waals surface area (Å²) in [6.45, 7) is 8.59. The molecule has 4 heteroatoms. The van der Waals surface area contributed by atoms with Crippen molar-refractivity contribution in [1.82, 2.24) is 9.97 Å². The number of benzene rings is 1. The molecule has 0 aliphatic heterocycles. The van der Waals surface area contributed by atoms with Gasteiger partial charge in [0.15, 0.2) is 0 Å². The number of rotatable bonds is 6. The van der Waals surface area contributed by atoms with Crippen LogP contribution < -0.4 is 10.6 Å². The third-order valence-electron chi connectivity index (χ3n) is 4.60. The normalized spacial score (nSPS) is 15.3. The maximum atomic E-state index is 4.70. The molecule has 2 aromatic rings. The second-order valence-electron chi connectivity index (χ2n) is 6.60. The van der Waals surface area contributed by atoms with Crippen molar-refractivity contribution in [2.24, 2.45) is 0 Å². The molecule has 1 atom stereocenters. The zero-order valence-corrected chi connectivity index (χ0v) is 14.5. The minimum Gasteiger partial charge on any atom is -0.352 e. The predicted octanol–water partition coefficient (Wildman–Crippen LogP) is 4.92. The Morgan fingerprint density at radius 1 is 1.22 bits per heavy atom. The van der Waals surface area contributed by atoms with Gasteiger partial charge in [-0.2, -0.15) is 4.98 Å². The Labute approximate surface area is 138 Å². The van der Waals surface area contributed by atoms with Gasteiger partial charge in [0.1, 0.15) is 5.82 Å². The lowest BCUT2D eigenvalue weighted by atomic mass is 10.1. The van der Waals surface area contributed by atoms with Crippen LogP contribution >= 0.6 is 0 Å². The maximum absolute atomic E-state index is 4.70. The number of hydrogen-bond acceptors (Lipinski definition) is 4. The Morgan fingerprint density at radius 2 is 2.00 bits per heavy atom. The first kappa shape index (κ1) is 15.8. The predicted molar refractivity (Wildman–Crippen MR) is 96.6 cm³/mol. The van der Waals surface area contributed by atoms with Gasteiger partial charge in [0.2, 0.25) is 5.95 Å². The molecule has 122 valence electrons. The Hall–Kier alpha value is -2.10. The fraction of sp³-hybridized carbons (Fsp3) is 0.474. The molecule has 1 aromatic heterocycles. The molecule has 2 N–H and O–H groups in total. The molecule has 4 nitrogen and oxygen atoms in total. The van der Waals surface area contributed by atoms with Gasteiger partial charge in [-0.25, -0.2) is 4.98 Å². The van der Waals surface area contributed by atoms with Crippen molar-refractivity contribution >= 4 is 17.5 Å². The van der Waals surface area contributed by atoms with E-state index >= 15 is 0 Å². The molecule has 1 fully saturated rings. The van der Waals surface area contributed by atoms with Crippen molar-refractivity contribution in [3.05, 3.63) is 41.1 Å². The molecular formula is C19H26N4. The van der Waals surface area contributed by atoms with Crippen LogP contribution in [0.3, 0.4) is 0 Å². The number of aryl methyl sites for hydroxylation is 1. The Bertz CT molecular complexity index is 692. The Kier molecular flexibility index (Phi) is 4.51. The first-order valence-electron chi connectivity index (χ1n) is 8.55. The van der Waals surface area contributed by atoms with E-state index in [-0.39, 0.29) is 0 Å². The molecule has 23 heavy (non-hydrogen) atoms. The quantitative estimate of drug-likeness (QED) is 0.794. The SMILES string of the molecule is CC[C@@H](C)Nc1nc(Nc2cccc(C)c2C)cc(C2CC2)n1. The van der Waals surface area contributed by atoms with Gasteiger partial charge in [-0.05, 0) is 57.2 Å². The van der Waals surface area contributed by atoms with Crippen molar-refractivity contribution in [2.75, 3.05) is 10.6 Å². The van der Waals surface area contributed by atoms with Crippen molar-refractivity contribution in [3.8, 4) is 0 Å². The van der Waals surface area contributed by atoms with Gasteiger partial charge >= 0.3 is 0 Å². The summed E-state index contributed by atoms with van der Waals surface area (Å²) in [7, 11) is 0. The molecule has 1 aliphatic carbocycles. The van der Waals surface area contributed by atoms with Gasteiger partial charge in [0.25, 0.3) is 0 Å². The summed E-state index contributed by atoms with van der Waals surface area (Å²) in [6, 6.07) is 8.78. The van der Waals surface area contributed by atoms with E-state index in [1.165, 1.54) is 24.0 Å². The van der Waals surface area contributed by atoms with Gasteiger partial charge in [0, 0.05) is 23.7 Å². The molecule has 0 bridgehead atoms. The molecule has 0 spiro atoms. The van der Waals surface area contributed by atoms with Crippen LogP contribution in [0.5, 0.6) is 0 Å². The van der Waals surface area contributed by atoms with Crippen molar-refractivity contribution < 1.29 is 0 Å². The van der Waals surface area contributed by atoms with Gasteiger partial charge in [-0.15, -0.1) is 0 Å². The number of hydrogen-bond donors (Lipinski definition) is 2. The van der Waals surface area contributed by atoms with E-state index in [1.807, 2.05) is 0 Å². The minimum atomic E-state index is 0.373. The Morgan fingerprint density at radius 3 is 2.70 bits per heavy atom. The molecule has 1 aliphatic rings. The largest absolute Gasteiger partial charge is 0.352 e. The Balaban J connectivity index is 1.89. The van der Waals surface area contributed by atoms with Crippen LogP contribution in [0.15, 0.2) is 24.3 Å². The minimum absolute atomic E-state index is 0.373. The van der Waals surface area contributed by atoms with E-state index in [1.54, 1.807) is 0 Å². The number of nitrogens with one attached hydrogen (secondary N) is 2. The average molecular weight is 310 g/mol. The van der Waals surface area contributed by atoms with Gasteiger partial charge in [-0.1, -0.05) is 19.1 Å². The van der Waals surface area contributed by atoms with Crippen LogP contribution in [0, 0.1) is 13.8 Å². The first-order valence-corrected chi connectivity index (χ1v) is 8.55. The van der Waals surface area contributed by atoms with Gasteiger partial charge in [-0.3, -0.25) is 0 Å². The lowest BCUT2D eigenvalue weighted by molar-refractivity contribution is 0.750. The number of aromatic nitrogens is 2. The number of nitrogens with zero attached hydrogens (tertiary/aromatic N) is 2. The summed E-state index contributed by atoms with van der Waals surface area (Å²) in [5, 5.41) is 6.88. The molecule has 0 unspecified atom stereocenters. The summed E-state index contributed by atoms with van der Waals surface area (Å²) in [4.78, 5) is 9.37. The molecule has 0 radical (unpaired) electrons. The van der Waals surface area contributed by atoms with Gasteiger partial charge < -0.3 is 10.6 Å². The zero-order chi connectivity index (χ0) is 16.4. The molecule has 1 aromatic carbocycles. The highest BCUT2D eigenvalue weighted by molar-refractivity contribution is 5.63. The third-order valence-corrected chi connectivity index (χ3v) is 4.60. The lowest BCUT2D eigenvalue weighted by Gasteiger charge is -2.15. The molecule has 0 saturated heterocycles. The summed E-state index contributed by atoms with van der Waals surface area (Å²) in [5.41, 5.74) is 4.80. The highest BCUT2D eigenvalue weighted by Gasteiger charge is 2.26. The molecular weight excluding hydrogens is 284 g/mol. The lowest BCUT2D eigenvalue weighted by Crippen LogP contribution is -2.16. The fourth-order valence-corrected chi connectivity index (χ4v) is 2.53. The molecule has 0 amide bonds. The van der Waals surface area contributed by atoms with Crippen LogP contribution in [0.25, 0.3) is 0 Å². The fourth-order valence-electron chi connectivity index (χ4n) is 2.53. The van der Waals surface area contributed by atoms with E-state index in [2.05, 4.69) is 67.6 Å². The number of anilines is 3. The van der Waals surface area contributed by atoms with E-state index < -0.39 is 0 Å². The first-order chi connectivity index (χ1) is 11.1. The second-order valence-corrected chi connectivity index (χ2v) is 6.60. The second kappa shape index (κ2) is 6.57. The standard InChI is InChI=1S/C19H26N4/c1-5-13(3)20-19-22-17(15-9-10-15)11-18(23-19)21-16-8-6-7-12(2)14(16)4/h6-8,11,13,15H,5,9-10H2,1-4H3,(H2,20,21,22,23)/t13-/m1/s1. The van der Waals surface area contributed by atoms with E-state index in [4.69, 9.17) is 4.98 Å². The molecule has 1 heterocycles. The van der Waals surface area contributed by atoms with E-state index in [0.29, 0.717) is 12.0 Å². The molecule has 1 saturated carbocycles. The van der Waals surface area contributed by atoms with Crippen LogP contribution in [0.2, 0.25) is 0 Å².